The Kier molecular flexibility index (Phi) is 3.05. The quantitative estimate of drug-likeness (QED) is 0.663. The van der Waals surface area contributed by atoms with Gasteiger partial charge in [0.05, 0.1) is 5.69 Å². The Bertz CT molecular complexity index is 239. The number of carbonyl (C=O) groups excluding carboxylic acids is 1. The Labute approximate surface area is 72.0 Å². The third-order valence-electron chi connectivity index (χ3n) is 1.73. The molecule has 1 aromatic rings. The minimum Gasteiger partial charge on any atom is -0.359 e. The van der Waals surface area contributed by atoms with E-state index >= 15 is 0 Å². The van der Waals surface area contributed by atoms with Crippen LogP contribution in [-0.4, -0.2) is 16.8 Å². The van der Waals surface area contributed by atoms with Crippen LogP contribution in [0.2, 0.25) is 0 Å². The average molecular weight is 166 g/mol. The zero-order valence-corrected chi connectivity index (χ0v) is 7.21. The number of hydrogen-bond donors (Lipinski definition) is 2. The van der Waals surface area contributed by atoms with Gasteiger partial charge in [0.15, 0.2) is 5.78 Å². The normalized spacial score (nSPS) is 12.8. The Morgan fingerprint density at radius 2 is 2.50 bits per heavy atom. The van der Waals surface area contributed by atoms with E-state index in [4.69, 9.17) is 5.73 Å². The monoisotopic (exact) mass is 166 g/mol. The van der Waals surface area contributed by atoms with Crippen molar-refractivity contribution in [2.75, 3.05) is 0 Å². The first kappa shape index (κ1) is 9.00. The largest absolute Gasteiger partial charge is 0.359 e. The topological polar surface area (TPSA) is 58.9 Å². The Morgan fingerprint density at radius 1 is 1.75 bits per heavy atom. The molecule has 3 N–H and O–H groups in total. The number of rotatable bonds is 4. The molecule has 1 atom stereocenters. The number of nitrogens with two attached hydrogens (primary N) is 1. The van der Waals surface area contributed by atoms with Gasteiger partial charge < -0.3 is 10.7 Å². The predicted octanol–water partition coefficient (Wildman–Crippen LogP) is 1.32. The summed E-state index contributed by atoms with van der Waals surface area (Å²) in [5, 5.41) is 0. The Hall–Kier alpha value is -1.09. The number of hydrogen-bond acceptors (Lipinski definition) is 2. The number of Topliss-reactive ketones (excluding diaryl/α,β-unsaturated/α-hetero) is 1. The summed E-state index contributed by atoms with van der Waals surface area (Å²) in [6.07, 6.45) is 3.02. The van der Waals surface area contributed by atoms with E-state index in [1.165, 1.54) is 0 Å². The van der Waals surface area contributed by atoms with Gasteiger partial charge in [0, 0.05) is 18.7 Å². The van der Waals surface area contributed by atoms with Crippen LogP contribution < -0.4 is 5.73 Å². The van der Waals surface area contributed by atoms with Crippen LogP contribution in [0.1, 0.15) is 30.3 Å². The minimum absolute atomic E-state index is 0.101. The summed E-state index contributed by atoms with van der Waals surface area (Å²) in [7, 11) is 0. The maximum absolute atomic E-state index is 11.3. The molecule has 0 bridgehead atoms. The lowest BCUT2D eigenvalue weighted by molar-refractivity contribution is 0.0974. The molecule has 0 aliphatic rings. The summed E-state index contributed by atoms with van der Waals surface area (Å²) in [6, 6.07) is 3.70. The van der Waals surface area contributed by atoms with Crippen molar-refractivity contribution in [1.82, 2.24) is 4.98 Å². The molecule has 3 nitrogen and oxygen atoms in total. The highest BCUT2D eigenvalue weighted by Gasteiger charge is 2.06. The van der Waals surface area contributed by atoms with Gasteiger partial charge in [0.1, 0.15) is 0 Å². The van der Waals surface area contributed by atoms with Crippen molar-refractivity contribution in [2.45, 2.75) is 25.8 Å². The fourth-order valence-corrected chi connectivity index (χ4v) is 0.997. The average Bonchev–Trinajstić information content (AvgIpc) is 2.51. The molecule has 0 amide bonds. The van der Waals surface area contributed by atoms with E-state index < -0.39 is 0 Å². The van der Waals surface area contributed by atoms with E-state index in [1.54, 1.807) is 12.3 Å². The van der Waals surface area contributed by atoms with E-state index in [0.717, 1.165) is 6.42 Å². The van der Waals surface area contributed by atoms with Crippen molar-refractivity contribution >= 4 is 5.78 Å². The van der Waals surface area contributed by atoms with E-state index in [9.17, 15) is 4.79 Å². The van der Waals surface area contributed by atoms with Gasteiger partial charge in [0.25, 0.3) is 0 Å². The molecule has 0 aromatic carbocycles. The summed E-state index contributed by atoms with van der Waals surface area (Å²) in [4.78, 5) is 14.2. The first-order valence-electron chi connectivity index (χ1n) is 4.12. The van der Waals surface area contributed by atoms with Crippen LogP contribution in [0.25, 0.3) is 0 Å². The van der Waals surface area contributed by atoms with Gasteiger partial charge in [-0.1, -0.05) is 0 Å². The molecule has 0 saturated carbocycles. The lowest BCUT2D eigenvalue weighted by Gasteiger charge is -2.01. The lowest BCUT2D eigenvalue weighted by atomic mass is 10.1. The van der Waals surface area contributed by atoms with Crippen molar-refractivity contribution in [1.29, 1.82) is 0 Å². The highest BCUT2D eigenvalue weighted by Crippen LogP contribution is 2.03. The second-order valence-electron chi connectivity index (χ2n) is 3.02. The number of nitrogens with one attached hydrogen (secondary N) is 1. The highest BCUT2D eigenvalue weighted by atomic mass is 16.1. The van der Waals surface area contributed by atoms with Crippen LogP contribution in [-0.2, 0) is 0 Å². The minimum atomic E-state index is 0.101. The maximum atomic E-state index is 11.3. The van der Waals surface area contributed by atoms with Crippen LogP contribution in [0, 0.1) is 0 Å². The summed E-state index contributed by atoms with van der Waals surface area (Å²) < 4.78 is 0. The zero-order valence-electron chi connectivity index (χ0n) is 7.21. The molecule has 0 radical (unpaired) electrons. The molecule has 0 fully saturated rings. The van der Waals surface area contributed by atoms with Gasteiger partial charge in [-0.05, 0) is 25.5 Å². The predicted molar refractivity (Wildman–Crippen MR) is 48.0 cm³/mol. The van der Waals surface area contributed by atoms with E-state index in [-0.39, 0.29) is 11.8 Å². The van der Waals surface area contributed by atoms with E-state index in [2.05, 4.69) is 4.98 Å². The SMILES string of the molecule is CC(N)CCC(=O)c1ccc[nH]1. The van der Waals surface area contributed by atoms with Gasteiger partial charge in [-0.25, -0.2) is 0 Å². The van der Waals surface area contributed by atoms with Crippen LogP contribution in [0.15, 0.2) is 18.3 Å². The molecular formula is C9H14N2O. The molecule has 66 valence electrons. The van der Waals surface area contributed by atoms with Crippen LogP contribution in [0.3, 0.4) is 0 Å². The molecule has 1 heterocycles. The smallest absolute Gasteiger partial charge is 0.179 e. The number of carbonyl (C=O) groups is 1. The van der Waals surface area contributed by atoms with Crippen molar-refractivity contribution in [3.8, 4) is 0 Å². The lowest BCUT2D eigenvalue weighted by Crippen LogP contribution is -2.16. The summed E-state index contributed by atoms with van der Waals surface area (Å²) >= 11 is 0. The van der Waals surface area contributed by atoms with Crippen molar-refractivity contribution in [2.24, 2.45) is 5.73 Å². The van der Waals surface area contributed by atoms with E-state index in [1.807, 2.05) is 13.0 Å². The fraction of sp³-hybridized carbons (Fsp3) is 0.444. The third kappa shape index (κ3) is 2.51. The van der Waals surface area contributed by atoms with Gasteiger partial charge in [-0.15, -0.1) is 0 Å². The number of aromatic amines is 1. The summed E-state index contributed by atoms with van der Waals surface area (Å²) in [5.41, 5.74) is 6.21. The highest BCUT2D eigenvalue weighted by molar-refractivity contribution is 5.94. The van der Waals surface area contributed by atoms with Crippen molar-refractivity contribution < 1.29 is 4.79 Å². The van der Waals surface area contributed by atoms with Crippen LogP contribution in [0.5, 0.6) is 0 Å². The molecular weight excluding hydrogens is 152 g/mol. The summed E-state index contributed by atoms with van der Waals surface area (Å²) in [6.45, 7) is 1.90. The molecule has 1 aromatic heterocycles. The summed E-state index contributed by atoms with van der Waals surface area (Å²) in [5.74, 6) is 0.136. The van der Waals surface area contributed by atoms with Crippen molar-refractivity contribution in [3.05, 3.63) is 24.0 Å². The van der Waals surface area contributed by atoms with Gasteiger partial charge >= 0.3 is 0 Å². The second kappa shape index (κ2) is 4.07. The first-order valence-corrected chi connectivity index (χ1v) is 4.12. The molecule has 1 unspecified atom stereocenters. The molecule has 0 aliphatic carbocycles. The standard InChI is InChI=1S/C9H14N2O/c1-7(10)4-5-9(12)8-3-2-6-11-8/h2-3,6-7,11H,4-5,10H2,1H3. The zero-order chi connectivity index (χ0) is 8.97. The first-order chi connectivity index (χ1) is 5.70. The van der Waals surface area contributed by atoms with Gasteiger partial charge in [-0.2, -0.15) is 0 Å². The second-order valence-corrected chi connectivity index (χ2v) is 3.02. The molecule has 0 spiro atoms. The fourth-order valence-electron chi connectivity index (χ4n) is 0.997. The molecule has 12 heavy (non-hydrogen) atoms. The molecule has 1 rings (SSSR count). The number of aromatic nitrogens is 1. The molecule has 0 saturated heterocycles. The van der Waals surface area contributed by atoms with Crippen LogP contribution in [0.4, 0.5) is 0 Å². The number of ketones is 1. The third-order valence-corrected chi connectivity index (χ3v) is 1.73. The molecule has 0 aliphatic heterocycles. The maximum Gasteiger partial charge on any atom is 0.179 e. The number of H-pyrrole nitrogens is 1. The van der Waals surface area contributed by atoms with Gasteiger partial charge in [-0.3, -0.25) is 4.79 Å². The Morgan fingerprint density at radius 3 is 3.00 bits per heavy atom. The van der Waals surface area contributed by atoms with E-state index in [0.29, 0.717) is 12.1 Å². The Balaban J connectivity index is 2.40. The van der Waals surface area contributed by atoms with Crippen molar-refractivity contribution in [3.63, 3.8) is 0 Å². The van der Waals surface area contributed by atoms with Gasteiger partial charge in [0.2, 0.25) is 0 Å². The molecule has 3 heteroatoms. The van der Waals surface area contributed by atoms with Crippen LogP contribution >= 0.6 is 0 Å².